The van der Waals surface area contributed by atoms with Crippen LogP contribution < -0.4 is 15.0 Å². The summed E-state index contributed by atoms with van der Waals surface area (Å²) in [4.78, 5) is 25.9. The molecule has 2 heterocycles. The van der Waals surface area contributed by atoms with Crippen LogP contribution in [-0.4, -0.2) is 22.2 Å². The standard InChI is InChI=1S/C23H17ClN2O5/c1-13-17(10-25)22(28)26(11-15-4-7-19-20(9-15)31-12-30-19)23(29)21(13)18(27)8-14-2-5-16(24)6-3-14/h2-7,9,29H,8,11-12H2,1H3. The number of carbonyl (C=O) groups excluding carboxylic acids is 1. The van der Waals surface area contributed by atoms with Gasteiger partial charge in [-0.3, -0.25) is 14.2 Å². The molecule has 2 aromatic carbocycles. The molecule has 4 rings (SSSR count). The number of rotatable bonds is 5. The third-order valence-electron chi connectivity index (χ3n) is 5.13. The van der Waals surface area contributed by atoms with Crippen molar-refractivity contribution in [3.05, 3.63) is 85.7 Å². The van der Waals surface area contributed by atoms with Gasteiger partial charge < -0.3 is 14.6 Å². The second-order valence-corrected chi connectivity index (χ2v) is 7.55. The lowest BCUT2D eigenvalue weighted by Crippen LogP contribution is -2.27. The summed E-state index contributed by atoms with van der Waals surface area (Å²) in [6.07, 6.45) is -0.0152. The van der Waals surface area contributed by atoms with E-state index in [-0.39, 0.29) is 36.4 Å². The lowest BCUT2D eigenvalue weighted by molar-refractivity contribution is 0.0988. The van der Waals surface area contributed by atoms with E-state index in [9.17, 15) is 20.0 Å². The molecule has 31 heavy (non-hydrogen) atoms. The number of carbonyl (C=O) groups is 1. The van der Waals surface area contributed by atoms with E-state index in [1.165, 1.54) is 6.92 Å². The van der Waals surface area contributed by atoms with Crippen molar-refractivity contribution in [3.63, 3.8) is 0 Å². The topological polar surface area (TPSA) is 102 Å². The highest BCUT2D eigenvalue weighted by Gasteiger charge is 2.24. The summed E-state index contributed by atoms with van der Waals surface area (Å²) >= 11 is 5.89. The van der Waals surface area contributed by atoms with Gasteiger partial charge in [-0.25, -0.2) is 0 Å². The van der Waals surface area contributed by atoms with Crippen molar-refractivity contribution in [1.82, 2.24) is 4.57 Å². The Balaban J connectivity index is 1.75. The van der Waals surface area contributed by atoms with E-state index in [1.54, 1.807) is 42.5 Å². The van der Waals surface area contributed by atoms with Crippen LogP contribution in [-0.2, 0) is 13.0 Å². The van der Waals surface area contributed by atoms with Crippen LogP contribution in [0.1, 0.15) is 32.6 Å². The Morgan fingerprint density at radius 3 is 2.55 bits per heavy atom. The van der Waals surface area contributed by atoms with Gasteiger partial charge >= 0.3 is 0 Å². The number of Topliss-reactive ketones (excluding diaryl/α,β-unsaturated/α-hetero) is 1. The Hall–Kier alpha value is -3.76. The van der Waals surface area contributed by atoms with Crippen molar-refractivity contribution in [3.8, 4) is 23.4 Å². The average Bonchev–Trinajstić information content (AvgIpc) is 3.21. The van der Waals surface area contributed by atoms with E-state index >= 15 is 0 Å². The van der Waals surface area contributed by atoms with Gasteiger partial charge in [-0.15, -0.1) is 0 Å². The third-order valence-corrected chi connectivity index (χ3v) is 5.39. The Morgan fingerprint density at radius 2 is 1.84 bits per heavy atom. The molecule has 0 spiro atoms. The molecule has 7 nitrogen and oxygen atoms in total. The number of pyridine rings is 1. The van der Waals surface area contributed by atoms with Gasteiger partial charge in [0.2, 0.25) is 12.7 Å². The largest absolute Gasteiger partial charge is 0.494 e. The number of ether oxygens (including phenoxy) is 2. The van der Waals surface area contributed by atoms with Gasteiger partial charge in [0.1, 0.15) is 11.6 Å². The molecule has 0 saturated carbocycles. The number of benzene rings is 2. The zero-order valence-electron chi connectivity index (χ0n) is 16.5. The number of halogens is 1. The number of hydrogen-bond donors (Lipinski definition) is 1. The molecule has 1 aliphatic rings. The van der Waals surface area contributed by atoms with Crippen molar-refractivity contribution in [2.45, 2.75) is 19.9 Å². The van der Waals surface area contributed by atoms with Crippen LogP contribution in [0.3, 0.4) is 0 Å². The summed E-state index contributed by atoms with van der Waals surface area (Å²) in [6.45, 7) is 1.55. The van der Waals surface area contributed by atoms with Crippen molar-refractivity contribution in [2.24, 2.45) is 0 Å². The molecule has 1 aliphatic heterocycles. The van der Waals surface area contributed by atoms with Gasteiger partial charge in [0.25, 0.3) is 5.56 Å². The molecule has 156 valence electrons. The minimum Gasteiger partial charge on any atom is -0.494 e. The SMILES string of the molecule is Cc1c(C(=O)Cc2ccc(Cl)cc2)c(O)n(Cc2ccc3c(c2)OCO3)c(=O)c1C#N. The first-order chi connectivity index (χ1) is 14.9. The molecule has 0 unspecified atom stereocenters. The smallest absolute Gasteiger partial charge is 0.271 e. The number of fused-ring (bicyclic) bond motifs is 1. The minimum absolute atomic E-state index is 0.0152. The number of hydrogen-bond acceptors (Lipinski definition) is 6. The maximum absolute atomic E-state index is 13.0. The second-order valence-electron chi connectivity index (χ2n) is 7.12. The van der Waals surface area contributed by atoms with Crippen molar-refractivity contribution in [2.75, 3.05) is 6.79 Å². The van der Waals surface area contributed by atoms with Gasteiger partial charge in [0.05, 0.1) is 12.1 Å². The quantitative estimate of drug-likeness (QED) is 0.613. The molecule has 0 amide bonds. The van der Waals surface area contributed by atoms with Gasteiger partial charge in [-0.05, 0) is 47.9 Å². The lowest BCUT2D eigenvalue weighted by atomic mass is 9.97. The highest BCUT2D eigenvalue weighted by atomic mass is 35.5. The predicted octanol–water partition coefficient (Wildman–Crippen LogP) is 3.59. The molecule has 0 fully saturated rings. The fraction of sp³-hybridized carbons (Fsp3) is 0.174. The zero-order valence-corrected chi connectivity index (χ0v) is 17.3. The number of aromatic nitrogens is 1. The molecule has 0 saturated heterocycles. The highest BCUT2D eigenvalue weighted by molar-refractivity contribution is 6.30. The summed E-state index contributed by atoms with van der Waals surface area (Å²) < 4.78 is 11.7. The van der Waals surface area contributed by atoms with Crippen molar-refractivity contribution < 1.29 is 19.4 Å². The highest BCUT2D eigenvalue weighted by Crippen LogP contribution is 2.33. The van der Waals surface area contributed by atoms with E-state index < -0.39 is 17.2 Å². The van der Waals surface area contributed by atoms with Crippen LogP contribution in [0, 0.1) is 18.3 Å². The van der Waals surface area contributed by atoms with Crippen LogP contribution >= 0.6 is 11.6 Å². The number of aromatic hydroxyl groups is 1. The van der Waals surface area contributed by atoms with E-state index in [1.807, 2.05) is 6.07 Å². The first-order valence-corrected chi connectivity index (χ1v) is 9.79. The van der Waals surface area contributed by atoms with Crippen LogP contribution in [0.4, 0.5) is 0 Å². The molecule has 0 atom stereocenters. The van der Waals surface area contributed by atoms with E-state index in [4.69, 9.17) is 21.1 Å². The Bertz CT molecular complexity index is 1290. The van der Waals surface area contributed by atoms with Gasteiger partial charge in [0.15, 0.2) is 17.3 Å². The number of nitriles is 1. The van der Waals surface area contributed by atoms with E-state index in [2.05, 4.69) is 0 Å². The Morgan fingerprint density at radius 1 is 1.16 bits per heavy atom. The fourth-order valence-electron chi connectivity index (χ4n) is 3.53. The van der Waals surface area contributed by atoms with Gasteiger partial charge in [-0.2, -0.15) is 5.26 Å². The van der Waals surface area contributed by atoms with Crippen LogP contribution in [0.2, 0.25) is 5.02 Å². The van der Waals surface area contributed by atoms with E-state index in [0.717, 1.165) is 4.57 Å². The van der Waals surface area contributed by atoms with Crippen LogP contribution in [0.5, 0.6) is 17.4 Å². The molecular formula is C23H17ClN2O5. The summed E-state index contributed by atoms with van der Waals surface area (Å²) in [5, 5.41) is 20.9. The second kappa shape index (κ2) is 8.17. The molecule has 3 aromatic rings. The predicted molar refractivity (Wildman–Crippen MR) is 113 cm³/mol. The van der Waals surface area contributed by atoms with E-state index in [0.29, 0.717) is 27.6 Å². The lowest BCUT2D eigenvalue weighted by Gasteiger charge is -2.16. The van der Waals surface area contributed by atoms with Crippen molar-refractivity contribution in [1.29, 1.82) is 5.26 Å². The molecule has 1 aromatic heterocycles. The maximum atomic E-state index is 13.0. The van der Waals surface area contributed by atoms with Crippen LogP contribution in [0.25, 0.3) is 0 Å². The first-order valence-electron chi connectivity index (χ1n) is 9.41. The molecule has 8 heteroatoms. The number of nitrogens with zero attached hydrogens (tertiary/aromatic N) is 2. The normalized spacial score (nSPS) is 11.9. The molecule has 1 N–H and O–H groups in total. The van der Waals surface area contributed by atoms with Gasteiger partial charge in [-0.1, -0.05) is 29.8 Å². The zero-order chi connectivity index (χ0) is 22.1. The summed E-state index contributed by atoms with van der Waals surface area (Å²) in [6, 6.07) is 13.7. The third kappa shape index (κ3) is 3.86. The average molecular weight is 437 g/mol. The summed E-state index contributed by atoms with van der Waals surface area (Å²) in [5.74, 6) is 0.226. The summed E-state index contributed by atoms with van der Waals surface area (Å²) in [5.41, 5.74) is 0.597. The maximum Gasteiger partial charge on any atom is 0.271 e. The first kappa shape index (κ1) is 20.5. The fourth-order valence-corrected chi connectivity index (χ4v) is 3.66. The van der Waals surface area contributed by atoms with Crippen molar-refractivity contribution >= 4 is 17.4 Å². The van der Waals surface area contributed by atoms with Gasteiger partial charge in [0, 0.05) is 11.4 Å². The minimum atomic E-state index is -0.668. The number of ketones is 1. The molecular weight excluding hydrogens is 420 g/mol. The summed E-state index contributed by atoms with van der Waals surface area (Å²) in [7, 11) is 0. The molecule has 0 bridgehead atoms. The Kier molecular flexibility index (Phi) is 5.40. The Labute approximate surface area is 182 Å². The molecule has 0 aliphatic carbocycles. The van der Waals surface area contributed by atoms with Crippen LogP contribution in [0.15, 0.2) is 47.3 Å². The monoisotopic (exact) mass is 436 g/mol. The molecule has 0 radical (unpaired) electrons.